The molecule has 1 heterocycles. The Morgan fingerprint density at radius 1 is 1.50 bits per heavy atom. The summed E-state index contributed by atoms with van der Waals surface area (Å²) in [6.07, 6.45) is 3.34. The smallest absolute Gasteiger partial charge is 0.125 e. The Balaban J connectivity index is 2.89. The Morgan fingerprint density at radius 2 is 2.08 bits per heavy atom. The predicted molar refractivity (Wildman–Crippen MR) is 44.3 cm³/mol. The van der Waals surface area contributed by atoms with Gasteiger partial charge in [0.05, 0.1) is 6.04 Å². The number of azide groups is 1. The maximum absolute atomic E-state index is 8.17. The molecule has 0 spiro atoms. The third kappa shape index (κ3) is 1.93. The van der Waals surface area contributed by atoms with E-state index in [4.69, 9.17) is 5.53 Å². The number of rotatable bonds is 2. The molecule has 0 aliphatic rings. The molecule has 0 saturated heterocycles. The first-order valence-electron chi connectivity index (χ1n) is 3.57. The minimum atomic E-state index is -0.199. The Labute approximate surface area is 70.1 Å². The predicted octanol–water partition coefficient (Wildman–Crippen LogP) is 2.16. The summed E-state index contributed by atoms with van der Waals surface area (Å²) in [5.41, 5.74) is 9.00. The summed E-state index contributed by atoms with van der Waals surface area (Å²) >= 11 is 0. The lowest BCUT2D eigenvalue weighted by molar-refractivity contribution is 0.788. The van der Waals surface area contributed by atoms with Crippen molar-refractivity contribution in [3.8, 4) is 0 Å². The number of hydrogen-bond acceptors (Lipinski definition) is 3. The van der Waals surface area contributed by atoms with Crippen molar-refractivity contribution in [2.24, 2.45) is 5.11 Å². The van der Waals surface area contributed by atoms with E-state index in [-0.39, 0.29) is 6.04 Å². The molecule has 0 N–H and O–H groups in total. The lowest BCUT2D eigenvalue weighted by atomic mass is 10.2. The molecular weight excluding hydrogens is 154 g/mol. The van der Waals surface area contributed by atoms with Crippen LogP contribution >= 0.6 is 0 Å². The van der Waals surface area contributed by atoms with Crippen molar-refractivity contribution in [1.82, 2.24) is 9.97 Å². The highest BCUT2D eigenvalue weighted by atomic mass is 15.1. The van der Waals surface area contributed by atoms with Crippen molar-refractivity contribution in [3.05, 3.63) is 34.2 Å². The molecular formula is C7H9N5. The molecule has 1 unspecified atom stereocenters. The Bertz CT molecular complexity index is 298. The fourth-order valence-electron chi connectivity index (χ4n) is 0.762. The van der Waals surface area contributed by atoms with Crippen LogP contribution in [-0.2, 0) is 0 Å². The summed E-state index contributed by atoms with van der Waals surface area (Å²) in [7, 11) is 0. The highest BCUT2D eigenvalue weighted by Crippen LogP contribution is 2.13. The van der Waals surface area contributed by atoms with Crippen LogP contribution in [0.2, 0.25) is 0 Å². The molecule has 5 nitrogen and oxygen atoms in total. The second kappa shape index (κ2) is 3.69. The number of aromatic nitrogens is 2. The van der Waals surface area contributed by atoms with Gasteiger partial charge in [-0.1, -0.05) is 12.0 Å². The fourth-order valence-corrected chi connectivity index (χ4v) is 0.762. The van der Waals surface area contributed by atoms with Crippen LogP contribution in [0.1, 0.15) is 24.4 Å². The van der Waals surface area contributed by atoms with Crippen LogP contribution in [0.3, 0.4) is 0 Å². The number of hydrogen-bond donors (Lipinski definition) is 0. The molecule has 1 aromatic heterocycles. The van der Waals surface area contributed by atoms with Crippen LogP contribution < -0.4 is 0 Å². The molecule has 1 atom stereocenters. The normalized spacial score (nSPS) is 11.8. The first kappa shape index (κ1) is 8.49. The van der Waals surface area contributed by atoms with Gasteiger partial charge in [-0.25, -0.2) is 9.97 Å². The highest BCUT2D eigenvalue weighted by Gasteiger charge is 2.02. The van der Waals surface area contributed by atoms with Gasteiger partial charge in [0.2, 0.25) is 0 Å². The molecule has 0 radical (unpaired) electrons. The van der Waals surface area contributed by atoms with E-state index in [9.17, 15) is 0 Å². The molecule has 1 rings (SSSR count). The summed E-state index contributed by atoms with van der Waals surface area (Å²) in [6.45, 7) is 3.61. The minimum Gasteiger partial charge on any atom is -0.241 e. The van der Waals surface area contributed by atoms with Crippen molar-refractivity contribution in [1.29, 1.82) is 0 Å². The van der Waals surface area contributed by atoms with Crippen LogP contribution in [0, 0.1) is 6.92 Å². The monoisotopic (exact) mass is 163 g/mol. The average Bonchev–Trinajstić information content (AvgIpc) is 2.06. The Hall–Kier alpha value is -1.61. The van der Waals surface area contributed by atoms with Gasteiger partial charge in [0, 0.05) is 17.3 Å². The second-order valence-corrected chi connectivity index (χ2v) is 2.44. The molecule has 1 aromatic rings. The SMILES string of the molecule is Cc1ncc(C(C)N=[N+]=[N-])cn1. The van der Waals surface area contributed by atoms with E-state index in [0.29, 0.717) is 5.82 Å². The van der Waals surface area contributed by atoms with E-state index >= 15 is 0 Å². The van der Waals surface area contributed by atoms with Crippen molar-refractivity contribution in [3.63, 3.8) is 0 Å². The van der Waals surface area contributed by atoms with Gasteiger partial charge in [-0.15, -0.1) is 0 Å². The first-order chi connectivity index (χ1) is 5.74. The standard InChI is InChI=1S/C7H9N5/c1-5(11-12-8)7-3-9-6(2)10-4-7/h3-5H,1-2H3. The lowest BCUT2D eigenvalue weighted by Gasteiger charge is -2.02. The first-order valence-corrected chi connectivity index (χ1v) is 3.57. The van der Waals surface area contributed by atoms with Crippen molar-refractivity contribution >= 4 is 0 Å². The number of nitrogens with zero attached hydrogens (tertiary/aromatic N) is 5. The van der Waals surface area contributed by atoms with Gasteiger partial charge in [0.25, 0.3) is 0 Å². The Kier molecular flexibility index (Phi) is 2.61. The number of aryl methyl sites for hydroxylation is 1. The van der Waals surface area contributed by atoms with E-state index in [1.807, 2.05) is 6.92 Å². The third-order valence-electron chi connectivity index (χ3n) is 1.51. The molecule has 0 fully saturated rings. The van der Waals surface area contributed by atoms with Gasteiger partial charge in [-0.05, 0) is 18.0 Å². The van der Waals surface area contributed by atoms with Crippen LogP contribution in [0.15, 0.2) is 17.5 Å². The van der Waals surface area contributed by atoms with E-state index < -0.39 is 0 Å². The van der Waals surface area contributed by atoms with Gasteiger partial charge < -0.3 is 0 Å². The quantitative estimate of drug-likeness (QED) is 0.380. The van der Waals surface area contributed by atoms with E-state index in [2.05, 4.69) is 20.0 Å². The van der Waals surface area contributed by atoms with Crippen LogP contribution in [0.4, 0.5) is 0 Å². The van der Waals surface area contributed by atoms with Gasteiger partial charge in [0.1, 0.15) is 5.82 Å². The molecule has 0 aliphatic carbocycles. The van der Waals surface area contributed by atoms with E-state index in [0.717, 1.165) is 5.56 Å². The van der Waals surface area contributed by atoms with Gasteiger partial charge in [0.15, 0.2) is 0 Å². The molecule has 5 heteroatoms. The molecule has 0 aliphatic heterocycles. The van der Waals surface area contributed by atoms with Gasteiger partial charge >= 0.3 is 0 Å². The van der Waals surface area contributed by atoms with Crippen molar-refractivity contribution < 1.29 is 0 Å². The molecule has 0 aromatic carbocycles. The van der Waals surface area contributed by atoms with Crippen LogP contribution in [0.25, 0.3) is 10.4 Å². The largest absolute Gasteiger partial charge is 0.241 e. The van der Waals surface area contributed by atoms with Gasteiger partial charge in [-0.3, -0.25) is 0 Å². The summed E-state index contributed by atoms with van der Waals surface area (Å²) in [6, 6.07) is -0.199. The Morgan fingerprint density at radius 3 is 2.58 bits per heavy atom. The summed E-state index contributed by atoms with van der Waals surface area (Å²) < 4.78 is 0. The van der Waals surface area contributed by atoms with E-state index in [1.165, 1.54) is 0 Å². The zero-order chi connectivity index (χ0) is 8.97. The molecule has 0 saturated carbocycles. The maximum atomic E-state index is 8.17. The van der Waals surface area contributed by atoms with Crippen LogP contribution in [-0.4, -0.2) is 9.97 Å². The molecule has 0 amide bonds. The summed E-state index contributed by atoms with van der Waals surface area (Å²) in [5, 5.41) is 3.53. The zero-order valence-electron chi connectivity index (χ0n) is 6.97. The van der Waals surface area contributed by atoms with Crippen LogP contribution in [0.5, 0.6) is 0 Å². The van der Waals surface area contributed by atoms with Gasteiger partial charge in [-0.2, -0.15) is 0 Å². The maximum Gasteiger partial charge on any atom is 0.125 e. The minimum absolute atomic E-state index is 0.199. The van der Waals surface area contributed by atoms with E-state index in [1.54, 1.807) is 19.3 Å². The van der Waals surface area contributed by atoms with Crippen molar-refractivity contribution in [2.45, 2.75) is 19.9 Å². The highest BCUT2D eigenvalue weighted by molar-refractivity contribution is 5.09. The average molecular weight is 163 g/mol. The second-order valence-electron chi connectivity index (χ2n) is 2.44. The third-order valence-corrected chi connectivity index (χ3v) is 1.51. The summed E-state index contributed by atoms with van der Waals surface area (Å²) in [5.74, 6) is 0.715. The molecule has 0 bridgehead atoms. The molecule has 62 valence electrons. The lowest BCUT2D eigenvalue weighted by Crippen LogP contribution is -1.93. The molecule has 12 heavy (non-hydrogen) atoms. The topological polar surface area (TPSA) is 74.5 Å². The fraction of sp³-hybridized carbons (Fsp3) is 0.429. The summed E-state index contributed by atoms with van der Waals surface area (Å²) in [4.78, 5) is 10.7. The van der Waals surface area contributed by atoms with Crippen molar-refractivity contribution in [2.75, 3.05) is 0 Å². The zero-order valence-corrected chi connectivity index (χ0v) is 6.97.